The van der Waals surface area contributed by atoms with Crippen molar-refractivity contribution in [3.63, 3.8) is 0 Å². The summed E-state index contributed by atoms with van der Waals surface area (Å²) in [5.74, 6) is -1.34. The summed E-state index contributed by atoms with van der Waals surface area (Å²) in [5, 5.41) is 2.50. The molecular weight excluding hydrogens is 276 g/mol. The average molecular weight is 291 g/mol. The first kappa shape index (κ1) is 14.8. The van der Waals surface area contributed by atoms with Crippen molar-refractivity contribution in [1.29, 1.82) is 0 Å². The summed E-state index contributed by atoms with van der Waals surface area (Å²) in [6, 6.07) is 9.84. The summed E-state index contributed by atoms with van der Waals surface area (Å²) in [6.45, 7) is -0.0864. The lowest BCUT2D eigenvalue weighted by Gasteiger charge is -2.19. The van der Waals surface area contributed by atoms with E-state index in [1.807, 2.05) is 0 Å². The molecule has 0 aromatic heterocycles. The first-order valence-electron chi connectivity index (χ1n) is 6.28. The summed E-state index contributed by atoms with van der Waals surface area (Å²) in [6.07, 6.45) is 0. The number of benzene rings is 2. The van der Waals surface area contributed by atoms with Gasteiger partial charge in [-0.15, -0.1) is 0 Å². The SMILES string of the molecule is CN(CC(=O)Nc1cc(F)ccc1N)c1ccccc1F. The predicted molar refractivity (Wildman–Crippen MR) is 79.1 cm³/mol. The van der Waals surface area contributed by atoms with Gasteiger partial charge >= 0.3 is 0 Å². The Kier molecular flexibility index (Phi) is 4.37. The van der Waals surface area contributed by atoms with Crippen LogP contribution in [0.15, 0.2) is 42.5 Å². The number of carbonyl (C=O) groups is 1. The molecule has 0 saturated carbocycles. The van der Waals surface area contributed by atoms with Crippen molar-refractivity contribution in [3.05, 3.63) is 54.1 Å². The predicted octanol–water partition coefficient (Wildman–Crippen LogP) is 2.62. The molecule has 3 N–H and O–H groups in total. The molecule has 2 rings (SSSR count). The number of carbonyl (C=O) groups excluding carboxylic acids is 1. The smallest absolute Gasteiger partial charge is 0.243 e. The van der Waals surface area contributed by atoms with E-state index in [1.54, 1.807) is 25.2 Å². The van der Waals surface area contributed by atoms with Gasteiger partial charge in [-0.3, -0.25) is 4.79 Å². The molecule has 4 nitrogen and oxygen atoms in total. The summed E-state index contributed by atoms with van der Waals surface area (Å²) < 4.78 is 26.7. The van der Waals surface area contributed by atoms with E-state index in [1.165, 1.54) is 23.1 Å². The second-order valence-corrected chi connectivity index (χ2v) is 4.59. The van der Waals surface area contributed by atoms with Gasteiger partial charge in [0.2, 0.25) is 5.91 Å². The van der Waals surface area contributed by atoms with E-state index in [2.05, 4.69) is 5.32 Å². The molecule has 0 saturated heterocycles. The Morgan fingerprint density at radius 3 is 2.67 bits per heavy atom. The van der Waals surface area contributed by atoms with Gasteiger partial charge in [0.05, 0.1) is 23.6 Å². The van der Waals surface area contributed by atoms with Crippen molar-refractivity contribution in [1.82, 2.24) is 0 Å². The molecule has 0 radical (unpaired) electrons. The third-order valence-electron chi connectivity index (χ3n) is 2.93. The van der Waals surface area contributed by atoms with E-state index in [9.17, 15) is 13.6 Å². The number of nitrogen functional groups attached to an aromatic ring is 1. The normalized spacial score (nSPS) is 10.2. The Morgan fingerprint density at radius 1 is 1.24 bits per heavy atom. The number of likely N-dealkylation sites (N-methyl/N-ethyl adjacent to an activating group) is 1. The average Bonchev–Trinajstić information content (AvgIpc) is 2.43. The Balaban J connectivity index is 2.05. The number of hydrogen-bond donors (Lipinski definition) is 2. The van der Waals surface area contributed by atoms with Crippen molar-refractivity contribution in [2.45, 2.75) is 0 Å². The number of nitrogens with two attached hydrogens (primary N) is 1. The standard InChI is InChI=1S/C15H15F2N3O/c1-20(14-5-3-2-4-11(14)17)9-15(21)19-13-8-10(16)6-7-12(13)18/h2-8H,9,18H2,1H3,(H,19,21). The Bertz CT molecular complexity index is 661. The zero-order chi connectivity index (χ0) is 15.4. The van der Waals surface area contributed by atoms with Crippen LogP contribution in [0.4, 0.5) is 25.8 Å². The van der Waals surface area contributed by atoms with Crippen LogP contribution in [0.1, 0.15) is 0 Å². The molecule has 0 heterocycles. The molecule has 0 bridgehead atoms. The van der Waals surface area contributed by atoms with Crippen molar-refractivity contribution in [2.75, 3.05) is 29.5 Å². The third-order valence-corrected chi connectivity index (χ3v) is 2.93. The molecule has 0 spiro atoms. The molecule has 0 aliphatic heterocycles. The van der Waals surface area contributed by atoms with Crippen molar-refractivity contribution >= 4 is 23.0 Å². The van der Waals surface area contributed by atoms with Gasteiger partial charge in [0.25, 0.3) is 0 Å². The highest BCUT2D eigenvalue weighted by atomic mass is 19.1. The minimum atomic E-state index is -0.498. The number of rotatable bonds is 4. The van der Waals surface area contributed by atoms with Crippen LogP contribution in [0.5, 0.6) is 0 Å². The molecule has 0 fully saturated rings. The molecule has 0 unspecified atom stereocenters. The maximum atomic E-state index is 13.6. The second-order valence-electron chi connectivity index (χ2n) is 4.59. The van der Waals surface area contributed by atoms with Gasteiger partial charge in [-0.25, -0.2) is 8.78 Å². The molecule has 6 heteroatoms. The van der Waals surface area contributed by atoms with E-state index in [4.69, 9.17) is 5.73 Å². The van der Waals surface area contributed by atoms with Crippen LogP contribution in [0.3, 0.4) is 0 Å². The van der Waals surface area contributed by atoms with E-state index >= 15 is 0 Å². The van der Waals surface area contributed by atoms with Crippen LogP contribution >= 0.6 is 0 Å². The molecule has 1 amide bonds. The van der Waals surface area contributed by atoms with Crippen molar-refractivity contribution < 1.29 is 13.6 Å². The Morgan fingerprint density at radius 2 is 1.95 bits per heavy atom. The van der Waals surface area contributed by atoms with Gasteiger partial charge in [0.1, 0.15) is 11.6 Å². The lowest BCUT2D eigenvalue weighted by molar-refractivity contribution is -0.114. The van der Waals surface area contributed by atoms with Gasteiger partial charge in [-0.1, -0.05) is 12.1 Å². The van der Waals surface area contributed by atoms with Gasteiger partial charge in [0, 0.05) is 7.05 Å². The number of anilines is 3. The fourth-order valence-corrected chi connectivity index (χ4v) is 1.89. The molecule has 21 heavy (non-hydrogen) atoms. The highest BCUT2D eigenvalue weighted by molar-refractivity contribution is 5.96. The number of nitrogens with zero attached hydrogens (tertiary/aromatic N) is 1. The van der Waals surface area contributed by atoms with Crippen LogP contribution in [0.2, 0.25) is 0 Å². The summed E-state index contributed by atoms with van der Waals surface area (Å²) in [7, 11) is 1.59. The van der Waals surface area contributed by atoms with Gasteiger partial charge in [-0.2, -0.15) is 0 Å². The van der Waals surface area contributed by atoms with Crippen LogP contribution in [0.25, 0.3) is 0 Å². The van der Waals surface area contributed by atoms with Gasteiger partial charge in [0.15, 0.2) is 0 Å². The first-order valence-corrected chi connectivity index (χ1v) is 6.28. The van der Waals surface area contributed by atoms with E-state index in [-0.39, 0.29) is 17.9 Å². The number of hydrogen-bond acceptors (Lipinski definition) is 3. The quantitative estimate of drug-likeness (QED) is 0.851. The number of halogens is 2. The monoisotopic (exact) mass is 291 g/mol. The van der Waals surface area contributed by atoms with Crippen LogP contribution in [-0.4, -0.2) is 19.5 Å². The number of amides is 1. The molecule has 2 aromatic rings. The summed E-state index contributed by atoms with van der Waals surface area (Å²) >= 11 is 0. The Hall–Kier alpha value is -2.63. The minimum Gasteiger partial charge on any atom is -0.397 e. The van der Waals surface area contributed by atoms with Gasteiger partial charge < -0.3 is 16.0 Å². The zero-order valence-corrected chi connectivity index (χ0v) is 11.4. The van der Waals surface area contributed by atoms with E-state index in [0.29, 0.717) is 5.69 Å². The minimum absolute atomic E-state index is 0.0864. The highest BCUT2D eigenvalue weighted by Crippen LogP contribution is 2.20. The van der Waals surface area contributed by atoms with E-state index < -0.39 is 17.5 Å². The maximum Gasteiger partial charge on any atom is 0.243 e. The number of nitrogens with one attached hydrogen (secondary N) is 1. The summed E-state index contributed by atoms with van der Waals surface area (Å²) in [5.41, 5.74) is 6.41. The van der Waals surface area contributed by atoms with Crippen molar-refractivity contribution in [2.24, 2.45) is 0 Å². The molecule has 110 valence electrons. The largest absolute Gasteiger partial charge is 0.397 e. The summed E-state index contributed by atoms with van der Waals surface area (Å²) in [4.78, 5) is 13.4. The fraction of sp³-hybridized carbons (Fsp3) is 0.133. The molecule has 0 aliphatic rings. The van der Waals surface area contributed by atoms with Crippen LogP contribution in [-0.2, 0) is 4.79 Å². The third kappa shape index (κ3) is 3.68. The molecule has 0 aliphatic carbocycles. The topological polar surface area (TPSA) is 58.4 Å². The highest BCUT2D eigenvalue weighted by Gasteiger charge is 2.12. The van der Waals surface area contributed by atoms with Crippen LogP contribution in [0, 0.1) is 11.6 Å². The molecular formula is C15H15F2N3O. The lowest BCUT2D eigenvalue weighted by atomic mass is 10.2. The second kappa shape index (κ2) is 6.21. The lowest BCUT2D eigenvalue weighted by Crippen LogP contribution is -2.30. The van der Waals surface area contributed by atoms with E-state index in [0.717, 1.165) is 6.07 Å². The van der Waals surface area contributed by atoms with Crippen molar-refractivity contribution in [3.8, 4) is 0 Å². The molecule has 0 atom stereocenters. The zero-order valence-electron chi connectivity index (χ0n) is 11.4. The fourth-order valence-electron chi connectivity index (χ4n) is 1.89. The molecule has 2 aromatic carbocycles. The maximum absolute atomic E-state index is 13.6. The van der Waals surface area contributed by atoms with Crippen LogP contribution < -0.4 is 16.0 Å². The van der Waals surface area contributed by atoms with Gasteiger partial charge in [-0.05, 0) is 30.3 Å². The Labute approximate surface area is 121 Å². The first-order chi connectivity index (χ1) is 9.97. The number of para-hydroxylation sites is 1.